The van der Waals surface area contributed by atoms with Crippen molar-refractivity contribution in [3.05, 3.63) is 42.0 Å². The van der Waals surface area contributed by atoms with Crippen LogP contribution in [0, 0.1) is 19.6 Å². The average molecular weight is 167 g/mol. The summed E-state index contributed by atoms with van der Waals surface area (Å²) in [6.07, 6.45) is 1.55. The molecule has 0 saturated heterocycles. The number of hydrogen-bond acceptors (Lipinski definition) is 0. The van der Waals surface area contributed by atoms with E-state index in [-0.39, 0.29) is 18.6 Å². The molecule has 0 aliphatic heterocycles. The zero-order chi connectivity index (χ0) is 6.69. The van der Waals surface area contributed by atoms with E-state index in [0.29, 0.717) is 0 Å². The molecule has 0 aromatic heterocycles. The quantitative estimate of drug-likeness (QED) is 0.562. The Morgan fingerprint density at radius 3 is 2.60 bits per heavy atom. The second kappa shape index (κ2) is 4.37. The van der Waals surface area contributed by atoms with Crippen LogP contribution in [0.2, 0.25) is 0 Å². The number of aryl methyl sites for hydroxylation is 1. The molecule has 1 aromatic rings. The van der Waals surface area contributed by atoms with Crippen molar-refractivity contribution < 1.29 is 18.6 Å². The van der Waals surface area contributed by atoms with Gasteiger partial charge in [-0.05, 0) is 0 Å². The van der Waals surface area contributed by atoms with Crippen LogP contribution in [0.4, 0.5) is 0 Å². The molecule has 0 unspecified atom stereocenters. The number of rotatable bonds is 1. The van der Waals surface area contributed by atoms with E-state index >= 15 is 0 Å². The number of hydrogen-bond donors (Lipinski definition) is 0. The Morgan fingerprint density at radius 2 is 2.20 bits per heavy atom. The van der Waals surface area contributed by atoms with Gasteiger partial charge in [-0.1, -0.05) is 6.92 Å². The largest absolute Gasteiger partial charge is 2.00 e. The molecule has 1 rings (SSSR count). The summed E-state index contributed by atoms with van der Waals surface area (Å²) >= 11 is 0. The molecule has 0 saturated carbocycles. The van der Waals surface area contributed by atoms with Crippen molar-refractivity contribution in [2.45, 2.75) is 6.92 Å². The van der Waals surface area contributed by atoms with Gasteiger partial charge < -0.3 is 18.2 Å². The molecule has 0 nitrogen and oxygen atoms in total. The fraction of sp³-hybridized carbons (Fsp3) is 0.111. The van der Waals surface area contributed by atoms with Crippen LogP contribution in [0.15, 0.2) is 18.2 Å². The Bertz CT molecular complexity index is 216. The summed E-state index contributed by atoms with van der Waals surface area (Å²) in [5.74, 6) is 0. The van der Waals surface area contributed by atoms with Gasteiger partial charge in [0.2, 0.25) is 0 Å². The van der Waals surface area contributed by atoms with Crippen LogP contribution in [0.1, 0.15) is 11.1 Å². The minimum atomic E-state index is 0. The third kappa shape index (κ3) is 2.42. The van der Waals surface area contributed by atoms with Crippen molar-refractivity contribution >= 4 is 6.08 Å². The fourth-order valence-corrected chi connectivity index (χ4v) is 0.704. The van der Waals surface area contributed by atoms with E-state index in [1.807, 2.05) is 25.1 Å². The van der Waals surface area contributed by atoms with Crippen LogP contribution < -0.4 is 0 Å². The Labute approximate surface area is 73.8 Å². The van der Waals surface area contributed by atoms with E-state index in [0.717, 1.165) is 11.1 Å². The molecule has 1 heteroatoms. The van der Waals surface area contributed by atoms with Gasteiger partial charge in [-0.25, -0.2) is 12.1 Å². The van der Waals surface area contributed by atoms with E-state index in [9.17, 15) is 0 Å². The van der Waals surface area contributed by atoms with Crippen molar-refractivity contribution in [3.63, 3.8) is 0 Å². The monoisotopic (exact) mass is 167 g/mol. The van der Waals surface area contributed by atoms with Gasteiger partial charge in [0.15, 0.2) is 0 Å². The average Bonchev–Trinajstić information content (AvgIpc) is 1.88. The third-order valence-electron chi connectivity index (χ3n) is 1.14. The summed E-state index contributed by atoms with van der Waals surface area (Å²) in [7, 11) is 0. The first-order chi connectivity index (χ1) is 4.33. The van der Waals surface area contributed by atoms with E-state index in [4.69, 9.17) is 6.58 Å². The summed E-state index contributed by atoms with van der Waals surface area (Å²) in [6.45, 7) is 7.26. The Hall–Kier alpha value is -0.456. The molecule has 0 heterocycles. The summed E-state index contributed by atoms with van der Waals surface area (Å²) in [5, 5.41) is 0. The van der Waals surface area contributed by atoms with Gasteiger partial charge in [0.25, 0.3) is 0 Å². The smallest absolute Gasteiger partial charge is 0.344 e. The molecule has 0 N–H and O–H groups in total. The van der Waals surface area contributed by atoms with Crippen LogP contribution in [0.25, 0.3) is 6.08 Å². The Morgan fingerprint density at radius 1 is 1.50 bits per heavy atom. The van der Waals surface area contributed by atoms with Crippen molar-refractivity contribution in [2.75, 3.05) is 0 Å². The maximum Gasteiger partial charge on any atom is 2.00 e. The molecule has 0 aliphatic carbocycles. The van der Waals surface area contributed by atoms with Gasteiger partial charge in [-0.3, -0.25) is 0 Å². The van der Waals surface area contributed by atoms with Crippen LogP contribution in [-0.4, -0.2) is 0 Å². The van der Waals surface area contributed by atoms with Crippen LogP contribution in [0.3, 0.4) is 0 Å². The predicted molar refractivity (Wildman–Crippen MR) is 38.8 cm³/mol. The van der Waals surface area contributed by atoms with Crippen molar-refractivity contribution in [1.82, 2.24) is 0 Å². The Kier molecular flexibility index (Phi) is 4.17. The minimum Gasteiger partial charge on any atom is -0.344 e. The maximum absolute atomic E-state index is 5.26. The first kappa shape index (κ1) is 9.54. The topological polar surface area (TPSA) is 0 Å². The molecular weight excluding hydrogens is 159 g/mol. The maximum atomic E-state index is 5.26. The van der Waals surface area contributed by atoms with Gasteiger partial charge >= 0.3 is 18.6 Å². The summed E-state index contributed by atoms with van der Waals surface area (Å²) in [6, 6.07) is 8.96. The molecule has 0 atom stereocenters. The molecular formula is C9H8V. The molecule has 0 fully saturated rings. The van der Waals surface area contributed by atoms with Crippen molar-refractivity contribution in [3.8, 4) is 0 Å². The fourth-order valence-electron chi connectivity index (χ4n) is 0.704. The van der Waals surface area contributed by atoms with Crippen molar-refractivity contribution in [1.29, 1.82) is 0 Å². The van der Waals surface area contributed by atoms with Gasteiger partial charge in [0.05, 0.1) is 0 Å². The molecule has 0 aliphatic rings. The van der Waals surface area contributed by atoms with Gasteiger partial charge in [-0.2, -0.15) is 11.6 Å². The summed E-state index contributed by atoms with van der Waals surface area (Å²) in [5.41, 5.74) is 2.07. The molecule has 1 aromatic carbocycles. The first-order valence-electron chi connectivity index (χ1n) is 2.87. The zero-order valence-electron chi connectivity index (χ0n) is 5.83. The molecule has 49 valence electrons. The second-order valence-corrected chi connectivity index (χ2v) is 1.96. The zero-order valence-corrected chi connectivity index (χ0v) is 7.23. The second-order valence-electron chi connectivity index (χ2n) is 1.96. The predicted octanol–water partition coefficient (Wildman–Crippen LogP) is 2.24. The van der Waals surface area contributed by atoms with Gasteiger partial charge in [0, 0.05) is 0 Å². The molecule has 10 heavy (non-hydrogen) atoms. The summed E-state index contributed by atoms with van der Waals surface area (Å²) in [4.78, 5) is 0. The van der Waals surface area contributed by atoms with Crippen LogP contribution in [-0.2, 0) is 18.6 Å². The van der Waals surface area contributed by atoms with Crippen LogP contribution >= 0.6 is 0 Å². The number of benzene rings is 1. The SMILES string of the molecule is [CH-]=Cc1[c-]c(C)ccc1.[V+2]. The Balaban J connectivity index is 0.000000810. The minimum absolute atomic E-state index is 0. The normalized spacial score (nSPS) is 8.10. The van der Waals surface area contributed by atoms with E-state index in [1.165, 1.54) is 0 Å². The first-order valence-corrected chi connectivity index (χ1v) is 2.87. The van der Waals surface area contributed by atoms with Crippen molar-refractivity contribution in [2.24, 2.45) is 0 Å². The standard InChI is InChI=1S/C9H8.V/c1-3-9-6-4-5-8(2)7-9;/h1,3-6H,2H3;/q-2;+2. The van der Waals surface area contributed by atoms with E-state index in [2.05, 4.69) is 6.07 Å². The van der Waals surface area contributed by atoms with Gasteiger partial charge in [-0.15, -0.1) is 6.07 Å². The summed E-state index contributed by atoms with van der Waals surface area (Å²) < 4.78 is 0. The van der Waals surface area contributed by atoms with E-state index in [1.54, 1.807) is 6.08 Å². The van der Waals surface area contributed by atoms with Crippen LogP contribution in [0.5, 0.6) is 0 Å². The van der Waals surface area contributed by atoms with E-state index < -0.39 is 0 Å². The van der Waals surface area contributed by atoms with Gasteiger partial charge in [0.1, 0.15) is 0 Å². The molecule has 1 radical (unpaired) electrons. The molecule has 0 spiro atoms. The third-order valence-corrected chi connectivity index (χ3v) is 1.14. The molecule has 0 amide bonds. The molecule has 0 bridgehead atoms.